The van der Waals surface area contributed by atoms with Gasteiger partial charge < -0.3 is 0 Å². The van der Waals surface area contributed by atoms with E-state index in [2.05, 4.69) is 5.43 Å². The summed E-state index contributed by atoms with van der Waals surface area (Å²) in [6, 6.07) is 5.58. The number of amides is 1. The average Bonchev–Trinajstić information content (AvgIpc) is 2.89. The summed E-state index contributed by atoms with van der Waals surface area (Å²) in [5, 5.41) is 10.6. The highest BCUT2D eigenvalue weighted by molar-refractivity contribution is 7.02. The molecule has 1 aromatic carbocycles. The highest BCUT2D eigenvalue weighted by Crippen LogP contribution is 2.22. The normalized spacial score (nSPS) is 13.5. The number of fused-ring (bicyclic) bond motifs is 1. The molecular weight excluding hydrogens is 290 g/mol. The van der Waals surface area contributed by atoms with Gasteiger partial charge in [0.25, 0.3) is 5.69 Å². The van der Waals surface area contributed by atoms with Gasteiger partial charge in [0.05, 0.1) is 9.80 Å². The van der Waals surface area contributed by atoms with Crippen LogP contribution in [0.3, 0.4) is 0 Å². The Kier molecular flexibility index (Phi) is 3.66. The van der Waals surface area contributed by atoms with Crippen molar-refractivity contribution in [1.82, 2.24) is 0 Å². The van der Waals surface area contributed by atoms with Crippen molar-refractivity contribution in [2.75, 3.05) is 5.43 Å². The Morgan fingerprint density at radius 3 is 2.62 bits per heavy atom. The maximum atomic E-state index is 12.1. The van der Waals surface area contributed by atoms with Crippen LogP contribution in [-0.4, -0.2) is 10.8 Å². The molecule has 0 saturated heterocycles. The molecule has 21 heavy (non-hydrogen) atoms. The number of nitrogens with zero attached hydrogens (tertiary/aromatic N) is 2. The highest BCUT2D eigenvalue weighted by atomic mass is 32.1. The molecule has 1 aliphatic rings. The lowest BCUT2D eigenvalue weighted by Gasteiger charge is -2.04. The Balaban J connectivity index is 1.73. The number of carbonyl (C=O) groups is 1. The molecule has 0 bridgehead atoms. The minimum absolute atomic E-state index is 0.0224. The second-order valence-corrected chi connectivity index (χ2v) is 6.02. The van der Waals surface area contributed by atoms with E-state index in [9.17, 15) is 14.9 Å². The van der Waals surface area contributed by atoms with E-state index in [0.717, 1.165) is 12.8 Å². The van der Waals surface area contributed by atoms with E-state index in [1.807, 2.05) is 6.20 Å². The van der Waals surface area contributed by atoms with E-state index >= 15 is 0 Å². The molecule has 0 fully saturated rings. The summed E-state index contributed by atoms with van der Waals surface area (Å²) in [7, 11) is 0. The van der Waals surface area contributed by atoms with E-state index in [1.54, 1.807) is 15.6 Å². The molecule has 108 valence electrons. The SMILES string of the molecule is O=C(N[n+]1cc2c(s1)CCCC2)c1ccc([N+](=O)[O-])cc1. The lowest BCUT2D eigenvalue weighted by Crippen LogP contribution is -2.44. The van der Waals surface area contributed by atoms with Crippen LogP contribution in [0, 0.1) is 10.1 Å². The first-order valence-corrected chi connectivity index (χ1v) is 7.50. The largest absolute Gasteiger partial charge is 0.306 e. The summed E-state index contributed by atoms with van der Waals surface area (Å²) >= 11 is 1.54. The number of hydrogen-bond acceptors (Lipinski definition) is 4. The smallest absolute Gasteiger partial charge is 0.263 e. The van der Waals surface area contributed by atoms with Crippen LogP contribution in [0.2, 0.25) is 0 Å². The predicted molar refractivity (Wildman–Crippen MR) is 77.9 cm³/mol. The third-order valence-corrected chi connectivity index (χ3v) is 4.57. The topological polar surface area (TPSA) is 76.1 Å². The summed E-state index contributed by atoms with van der Waals surface area (Å²) in [6.45, 7) is 0. The summed E-state index contributed by atoms with van der Waals surface area (Å²) in [4.78, 5) is 23.5. The molecule has 0 saturated carbocycles. The third kappa shape index (κ3) is 2.92. The number of non-ortho nitro benzene ring substituents is 1. The number of nitrogens with one attached hydrogen (secondary N) is 1. The number of carbonyl (C=O) groups excluding carboxylic acids is 1. The number of hydrogen-bond donors (Lipinski definition) is 1. The quantitative estimate of drug-likeness (QED) is 0.536. The summed E-state index contributed by atoms with van der Waals surface area (Å²) < 4.78 is 1.72. The van der Waals surface area contributed by atoms with E-state index in [1.165, 1.54) is 47.5 Å². The first kappa shape index (κ1) is 13.7. The number of aromatic nitrogens is 1. The van der Waals surface area contributed by atoms with Crippen LogP contribution in [0.1, 0.15) is 33.6 Å². The number of nitro groups is 1. The van der Waals surface area contributed by atoms with Crippen molar-refractivity contribution >= 4 is 23.1 Å². The van der Waals surface area contributed by atoms with Gasteiger partial charge in [-0.3, -0.25) is 14.9 Å². The number of nitro benzene ring substituents is 1. The molecule has 2 aromatic rings. The van der Waals surface area contributed by atoms with Crippen molar-refractivity contribution in [1.29, 1.82) is 0 Å². The standard InChI is InChI=1S/C14H13N3O3S/c18-14(10-5-7-12(8-6-10)17(19)20)15-16-9-11-3-1-2-4-13(11)21-16/h5-9H,1-4H2/p+1. The Labute approximate surface area is 125 Å². The monoisotopic (exact) mass is 304 g/mol. The number of aryl methyl sites for hydroxylation is 2. The summed E-state index contributed by atoms with van der Waals surface area (Å²) in [5.41, 5.74) is 4.47. The molecule has 1 aromatic heterocycles. The molecule has 7 heteroatoms. The lowest BCUT2D eigenvalue weighted by atomic mass is 10.0. The van der Waals surface area contributed by atoms with Crippen LogP contribution in [-0.2, 0) is 12.8 Å². The van der Waals surface area contributed by atoms with Gasteiger partial charge >= 0.3 is 5.91 Å². The van der Waals surface area contributed by atoms with E-state index in [0.29, 0.717) is 5.56 Å². The molecule has 1 heterocycles. The highest BCUT2D eigenvalue weighted by Gasteiger charge is 2.21. The fraction of sp³-hybridized carbons (Fsp3) is 0.286. The van der Waals surface area contributed by atoms with Crippen molar-refractivity contribution in [3.05, 3.63) is 56.6 Å². The van der Waals surface area contributed by atoms with Gasteiger partial charge in [0.2, 0.25) is 6.20 Å². The zero-order valence-electron chi connectivity index (χ0n) is 11.2. The molecule has 3 rings (SSSR count). The lowest BCUT2D eigenvalue weighted by molar-refractivity contribution is -0.569. The van der Waals surface area contributed by atoms with Crippen molar-refractivity contribution in [2.24, 2.45) is 0 Å². The minimum Gasteiger partial charge on any atom is -0.263 e. The first-order chi connectivity index (χ1) is 10.1. The fourth-order valence-corrected chi connectivity index (χ4v) is 3.44. The Hall–Kier alpha value is -2.28. The van der Waals surface area contributed by atoms with Crippen LogP contribution in [0.4, 0.5) is 5.69 Å². The minimum atomic E-state index is -0.482. The third-order valence-electron chi connectivity index (χ3n) is 3.49. The van der Waals surface area contributed by atoms with Crippen molar-refractivity contribution in [2.45, 2.75) is 25.7 Å². The van der Waals surface area contributed by atoms with Gasteiger partial charge in [-0.15, -0.1) is 5.43 Å². The molecule has 0 spiro atoms. The molecule has 0 aliphatic heterocycles. The average molecular weight is 304 g/mol. The van der Waals surface area contributed by atoms with Gasteiger partial charge in [-0.2, -0.15) is 0 Å². The van der Waals surface area contributed by atoms with Crippen molar-refractivity contribution in [3.63, 3.8) is 0 Å². The van der Waals surface area contributed by atoms with E-state index < -0.39 is 4.92 Å². The molecule has 6 nitrogen and oxygen atoms in total. The maximum Gasteiger partial charge on any atom is 0.306 e. The van der Waals surface area contributed by atoms with Gasteiger partial charge in [0.15, 0.2) is 11.5 Å². The molecule has 1 amide bonds. The van der Waals surface area contributed by atoms with Gasteiger partial charge in [0, 0.05) is 23.3 Å². The van der Waals surface area contributed by atoms with Crippen LogP contribution in [0.25, 0.3) is 0 Å². The van der Waals surface area contributed by atoms with Gasteiger partial charge in [-0.1, -0.05) is 0 Å². The Bertz CT molecular complexity index is 670. The zero-order chi connectivity index (χ0) is 14.8. The fourth-order valence-electron chi connectivity index (χ4n) is 2.38. The van der Waals surface area contributed by atoms with Crippen molar-refractivity contribution in [3.8, 4) is 0 Å². The van der Waals surface area contributed by atoms with E-state index in [4.69, 9.17) is 0 Å². The second-order valence-electron chi connectivity index (χ2n) is 4.95. The molecular formula is C14H14N3O3S+. The van der Waals surface area contributed by atoms with Crippen LogP contribution < -0.4 is 9.49 Å². The Morgan fingerprint density at radius 2 is 1.95 bits per heavy atom. The second kappa shape index (κ2) is 5.61. The number of rotatable bonds is 3. The van der Waals surface area contributed by atoms with Crippen molar-refractivity contribution < 1.29 is 13.8 Å². The molecule has 0 atom stereocenters. The van der Waals surface area contributed by atoms with Crippen LogP contribution in [0.15, 0.2) is 30.5 Å². The maximum absolute atomic E-state index is 12.1. The van der Waals surface area contributed by atoms with Gasteiger partial charge in [0.1, 0.15) is 0 Å². The Morgan fingerprint density at radius 1 is 1.24 bits per heavy atom. The van der Waals surface area contributed by atoms with Crippen LogP contribution in [0.5, 0.6) is 0 Å². The predicted octanol–water partition coefficient (Wildman–Crippen LogP) is 2.21. The van der Waals surface area contributed by atoms with Gasteiger partial charge in [-0.25, -0.2) is 0 Å². The molecule has 0 radical (unpaired) electrons. The zero-order valence-corrected chi connectivity index (χ0v) is 12.1. The summed E-state index contributed by atoms with van der Waals surface area (Å²) in [6.07, 6.45) is 6.49. The summed E-state index contributed by atoms with van der Waals surface area (Å²) in [5.74, 6) is -0.270. The molecule has 1 aliphatic carbocycles. The van der Waals surface area contributed by atoms with E-state index in [-0.39, 0.29) is 11.6 Å². The molecule has 1 N–H and O–H groups in total. The molecule has 0 unspecified atom stereocenters. The number of benzene rings is 1. The van der Waals surface area contributed by atoms with Crippen LogP contribution >= 0.6 is 11.5 Å². The van der Waals surface area contributed by atoms with Gasteiger partial charge in [-0.05, 0) is 41.9 Å². The first-order valence-electron chi connectivity index (χ1n) is 6.73.